The van der Waals surface area contributed by atoms with Gasteiger partial charge < -0.3 is 19.7 Å². The molecule has 2 aliphatic heterocycles. The molecule has 0 aromatic rings. The first-order chi connectivity index (χ1) is 8.47. The third-order valence-electron chi connectivity index (χ3n) is 3.42. The zero-order valence-corrected chi connectivity index (χ0v) is 11.2. The minimum atomic E-state index is -0.343. The van der Waals surface area contributed by atoms with Gasteiger partial charge in [-0.3, -0.25) is 0 Å². The Bertz CT molecular complexity index is 218. The van der Waals surface area contributed by atoms with Gasteiger partial charge in [0.15, 0.2) is 0 Å². The monoisotopic (exact) mass is 252 g/mol. The van der Waals surface area contributed by atoms with Crippen LogP contribution in [-0.4, -0.2) is 62.8 Å². The molecule has 0 aromatic heterocycles. The average Bonchev–Trinajstić information content (AvgIpc) is 2.81. The van der Waals surface area contributed by atoms with Crippen LogP contribution in [0.15, 0.2) is 0 Å². The third kappa shape index (κ3) is 4.57. The summed E-state index contributed by atoms with van der Waals surface area (Å²) in [7, 11) is 10.9. The standard InChI is InChI=1S/2C6H11BO2/c1-4-2-6(7)9-5(4)3-8;1-2-5-4(8)3-6(7)9-5/h2*4-6,8H,2-3H2,1H3/t2*4-,5+,6+/m00/s1. The van der Waals surface area contributed by atoms with Gasteiger partial charge in [0.1, 0.15) is 15.7 Å². The van der Waals surface area contributed by atoms with Gasteiger partial charge in [-0.15, -0.1) is 0 Å². The van der Waals surface area contributed by atoms with Crippen molar-refractivity contribution < 1.29 is 19.7 Å². The molecule has 0 aromatic carbocycles. The maximum atomic E-state index is 9.15. The smallest absolute Gasteiger partial charge is 0.109 e. The zero-order valence-electron chi connectivity index (χ0n) is 11.2. The quantitative estimate of drug-likeness (QED) is 0.676. The van der Waals surface area contributed by atoms with Crippen LogP contribution in [0.5, 0.6) is 0 Å². The first kappa shape index (κ1) is 16.0. The Balaban J connectivity index is 0.000000180. The molecule has 100 valence electrons. The molecule has 0 unspecified atom stereocenters. The van der Waals surface area contributed by atoms with Gasteiger partial charge in [0.25, 0.3) is 0 Å². The highest BCUT2D eigenvalue weighted by Crippen LogP contribution is 2.23. The summed E-state index contributed by atoms with van der Waals surface area (Å²) in [5, 5.41) is 17.8. The molecule has 18 heavy (non-hydrogen) atoms. The van der Waals surface area contributed by atoms with Gasteiger partial charge in [-0.25, -0.2) is 0 Å². The summed E-state index contributed by atoms with van der Waals surface area (Å²) in [4.78, 5) is 0. The third-order valence-corrected chi connectivity index (χ3v) is 3.42. The highest BCUT2D eigenvalue weighted by molar-refractivity contribution is 6.11. The number of hydrogen-bond donors (Lipinski definition) is 2. The fourth-order valence-corrected chi connectivity index (χ4v) is 2.28. The van der Waals surface area contributed by atoms with E-state index in [1.807, 2.05) is 13.8 Å². The van der Waals surface area contributed by atoms with Crippen molar-refractivity contribution in [2.24, 2.45) is 5.92 Å². The topological polar surface area (TPSA) is 58.9 Å². The summed E-state index contributed by atoms with van der Waals surface area (Å²) in [6.45, 7) is 4.11. The first-order valence-corrected chi connectivity index (χ1v) is 6.58. The minimum Gasteiger partial charge on any atom is -0.394 e. The molecule has 0 aliphatic carbocycles. The van der Waals surface area contributed by atoms with Gasteiger partial charge in [-0.1, -0.05) is 13.8 Å². The molecule has 2 aliphatic rings. The van der Waals surface area contributed by atoms with Crippen molar-refractivity contribution in [3.63, 3.8) is 0 Å². The van der Waals surface area contributed by atoms with Gasteiger partial charge in [0.2, 0.25) is 0 Å². The molecule has 6 atom stereocenters. The number of aliphatic hydroxyl groups excluding tert-OH is 2. The molecule has 4 radical (unpaired) electrons. The summed E-state index contributed by atoms with van der Waals surface area (Å²) in [5.74, 6) is 0.407. The Labute approximate surface area is 112 Å². The van der Waals surface area contributed by atoms with Crippen molar-refractivity contribution in [3.8, 4) is 0 Å². The van der Waals surface area contributed by atoms with E-state index in [4.69, 9.17) is 35.4 Å². The lowest BCUT2D eigenvalue weighted by molar-refractivity contribution is 0.0293. The average molecular weight is 252 g/mol. The fourth-order valence-electron chi connectivity index (χ4n) is 2.28. The van der Waals surface area contributed by atoms with Crippen molar-refractivity contribution in [2.45, 2.75) is 63.4 Å². The van der Waals surface area contributed by atoms with Crippen molar-refractivity contribution in [1.29, 1.82) is 0 Å². The van der Waals surface area contributed by atoms with Crippen LogP contribution in [0, 0.1) is 5.92 Å². The van der Waals surface area contributed by atoms with E-state index in [-0.39, 0.29) is 36.9 Å². The molecule has 2 rings (SSSR count). The molecule has 0 saturated carbocycles. The second kappa shape index (κ2) is 7.53. The van der Waals surface area contributed by atoms with Crippen LogP contribution < -0.4 is 0 Å². The maximum absolute atomic E-state index is 9.15. The van der Waals surface area contributed by atoms with Crippen molar-refractivity contribution >= 4 is 15.7 Å². The van der Waals surface area contributed by atoms with Gasteiger partial charge in [0, 0.05) is 12.0 Å². The first-order valence-electron chi connectivity index (χ1n) is 6.58. The zero-order chi connectivity index (χ0) is 13.7. The molecule has 2 fully saturated rings. The van der Waals surface area contributed by atoms with Crippen molar-refractivity contribution in [2.75, 3.05) is 6.61 Å². The highest BCUT2D eigenvalue weighted by Gasteiger charge is 2.29. The van der Waals surface area contributed by atoms with Crippen LogP contribution in [0.2, 0.25) is 0 Å². The SMILES string of the molecule is [B][C@H]1C[C@H](C)[C@@H](CO)O1.[B][C@H]1C[C@H](O)[C@@H](CC)O1. The molecular weight excluding hydrogens is 230 g/mol. The lowest BCUT2D eigenvalue weighted by Crippen LogP contribution is -2.19. The Morgan fingerprint density at radius 2 is 1.67 bits per heavy atom. The van der Waals surface area contributed by atoms with Crippen LogP contribution in [0.3, 0.4) is 0 Å². The van der Waals surface area contributed by atoms with E-state index in [2.05, 4.69) is 0 Å². The van der Waals surface area contributed by atoms with Gasteiger partial charge in [-0.2, -0.15) is 0 Å². The normalized spacial score (nSPS) is 43.6. The molecule has 6 heteroatoms. The molecule has 2 saturated heterocycles. The van der Waals surface area contributed by atoms with Gasteiger partial charge in [0.05, 0.1) is 24.9 Å². The molecule has 2 N–H and O–H groups in total. The van der Waals surface area contributed by atoms with Gasteiger partial charge in [-0.05, 0) is 25.2 Å². The summed E-state index contributed by atoms with van der Waals surface area (Å²) in [5.41, 5.74) is 0. The fraction of sp³-hybridized carbons (Fsp3) is 1.00. The Kier molecular flexibility index (Phi) is 6.71. The molecule has 0 bridgehead atoms. The second-order valence-electron chi connectivity index (χ2n) is 5.03. The Morgan fingerprint density at radius 1 is 1.11 bits per heavy atom. The van der Waals surface area contributed by atoms with Crippen LogP contribution in [0.25, 0.3) is 0 Å². The van der Waals surface area contributed by atoms with E-state index >= 15 is 0 Å². The maximum Gasteiger partial charge on any atom is 0.109 e. The van der Waals surface area contributed by atoms with Crippen molar-refractivity contribution in [3.05, 3.63) is 0 Å². The highest BCUT2D eigenvalue weighted by atomic mass is 16.5. The summed E-state index contributed by atoms with van der Waals surface area (Å²) in [6.07, 6.45) is 1.89. The van der Waals surface area contributed by atoms with E-state index in [1.54, 1.807) is 0 Å². The van der Waals surface area contributed by atoms with E-state index < -0.39 is 0 Å². The lowest BCUT2D eigenvalue weighted by Gasteiger charge is -2.09. The molecule has 0 amide bonds. The van der Waals surface area contributed by atoms with Gasteiger partial charge >= 0.3 is 0 Å². The molecule has 2 heterocycles. The van der Waals surface area contributed by atoms with Crippen LogP contribution >= 0.6 is 0 Å². The number of hydrogen-bond acceptors (Lipinski definition) is 4. The molecule has 0 spiro atoms. The summed E-state index contributed by atoms with van der Waals surface area (Å²) in [6, 6.07) is -0.401. The second-order valence-corrected chi connectivity index (χ2v) is 5.03. The molecular formula is C12H22B2O4. The predicted octanol–water partition coefficient (Wildman–Crippen LogP) is -0.0609. The number of ether oxygens (including phenoxy) is 2. The number of aliphatic hydroxyl groups is 2. The largest absolute Gasteiger partial charge is 0.394 e. The van der Waals surface area contributed by atoms with E-state index in [0.717, 1.165) is 12.8 Å². The van der Waals surface area contributed by atoms with E-state index in [9.17, 15) is 0 Å². The lowest BCUT2D eigenvalue weighted by atomic mass is 9.92. The Morgan fingerprint density at radius 3 is 1.89 bits per heavy atom. The van der Waals surface area contributed by atoms with E-state index in [0.29, 0.717) is 12.3 Å². The summed E-state index contributed by atoms with van der Waals surface area (Å²) < 4.78 is 10.3. The summed E-state index contributed by atoms with van der Waals surface area (Å²) >= 11 is 0. The Hall–Kier alpha value is -0.0301. The molecule has 4 nitrogen and oxygen atoms in total. The van der Waals surface area contributed by atoms with Crippen LogP contribution in [-0.2, 0) is 9.47 Å². The van der Waals surface area contributed by atoms with Crippen LogP contribution in [0.1, 0.15) is 33.1 Å². The predicted molar refractivity (Wildman–Crippen MR) is 70.6 cm³/mol. The van der Waals surface area contributed by atoms with E-state index in [1.165, 1.54) is 0 Å². The van der Waals surface area contributed by atoms with Crippen molar-refractivity contribution in [1.82, 2.24) is 0 Å². The minimum absolute atomic E-state index is 0.0278. The number of rotatable bonds is 2. The van der Waals surface area contributed by atoms with Crippen LogP contribution in [0.4, 0.5) is 0 Å².